The van der Waals surface area contributed by atoms with Crippen molar-refractivity contribution in [2.24, 2.45) is 4.99 Å². The van der Waals surface area contributed by atoms with Crippen LogP contribution in [0, 0.1) is 13.8 Å². The Labute approximate surface area is 149 Å². The zero-order chi connectivity index (χ0) is 17.8. The number of aliphatic imine (C=N–C) groups is 1. The molecule has 0 bridgehead atoms. The quantitative estimate of drug-likeness (QED) is 0.663. The fourth-order valence-corrected chi connectivity index (χ4v) is 3.23. The molecule has 0 saturated carbocycles. The van der Waals surface area contributed by atoms with Gasteiger partial charge in [0, 0.05) is 20.1 Å². The van der Waals surface area contributed by atoms with Crippen molar-refractivity contribution >= 4 is 5.96 Å². The molecule has 134 valence electrons. The Morgan fingerprint density at radius 2 is 2.08 bits per heavy atom. The molecule has 6 heteroatoms. The van der Waals surface area contributed by atoms with Gasteiger partial charge in [-0.25, -0.2) is 9.67 Å². The van der Waals surface area contributed by atoms with Crippen LogP contribution in [0.25, 0.3) is 0 Å². The Balaban J connectivity index is 1.59. The van der Waals surface area contributed by atoms with Crippen molar-refractivity contribution in [3.05, 3.63) is 47.0 Å². The Bertz CT molecular complexity index is 731. The second-order valence-corrected chi connectivity index (χ2v) is 6.84. The highest BCUT2D eigenvalue weighted by Gasteiger charge is 2.24. The van der Waals surface area contributed by atoms with Gasteiger partial charge >= 0.3 is 0 Å². The number of rotatable bonds is 4. The number of nitrogens with one attached hydrogen (secondary N) is 2. The molecule has 0 saturated heterocycles. The van der Waals surface area contributed by atoms with Crippen molar-refractivity contribution in [2.75, 3.05) is 13.6 Å². The highest BCUT2D eigenvalue weighted by molar-refractivity contribution is 5.80. The Hall–Kier alpha value is -2.37. The number of guanidine groups is 1. The Morgan fingerprint density at radius 3 is 2.80 bits per heavy atom. The third-order valence-electron chi connectivity index (χ3n) is 4.74. The number of hydrogen-bond acceptors (Lipinski definition) is 3. The first kappa shape index (κ1) is 17.5. The van der Waals surface area contributed by atoms with Crippen LogP contribution in [0.15, 0.2) is 29.3 Å². The first-order chi connectivity index (χ1) is 12.1. The van der Waals surface area contributed by atoms with Gasteiger partial charge < -0.3 is 10.6 Å². The molecule has 0 radical (unpaired) electrons. The van der Waals surface area contributed by atoms with Crippen LogP contribution in [0.5, 0.6) is 0 Å². The molecular weight excluding hydrogens is 312 g/mol. The van der Waals surface area contributed by atoms with Gasteiger partial charge in [0.1, 0.15) is 11.6 Å². The zero-order valence-corrected chi connectivity index (χ0v) is 15.6. The van der Waals surface area contributed by atoms with Crippen LogP contribution in [0.3, 0.4) is 0 Å². The molecule has 1 aromatic heterocycles. The smallest absolute Gasteiger partial charge is 0.191 e. The second-order valence-electron chi connectivity index (χ2n) is 6.84. The summed E-state index contributed by atoms with van der Waals surface area (Å²) in [5.74, 6) is 3.08. The third-order valence-corrected chi connectivity index (χ3v) is 4.74. The fourth-order valence-electron chi connectivity index (χ4n) is 3.23. The van der Waals surface area contributed by atoms with E-state index in [1.807, 2.05) is 18.7 Å². The van der Waals surface area contributed by atoms with Gasteiger partial charge in [-0.05, 0) is 38.2 Å². The average molecular weight is 340 g/mol. The van der Waals surface area contributed by atoms with E-state index < -0.39 is 0 Å². The lowest BCUT2D eigenvalue weighted by molar-refractivity contribution is 0.397. The molecule has 6 nitrogen and oxygen atoms in total. The molecule has 1 aliphatic heterocycles. The van der Waals surface area contributed by atoms with E-state index in [2.05, 4.69) is 63.8 Å². The van der Waals surface area contributed by atoms with Crippen molar-refractivity contribution in [3.63, 3.8) is 0 Å². The summed E-state index contributed by atoms with van der Waals surface area (Å²) in [4.78, 5) is 8.96. The van der Waals surface area contributed by atoms with E-state index in [4.69, 9.17) is 0 Å². The summed E-state index contributed by atoms with van der Waals surface area (Å²) in [6, 6.07) is 8.89. The first-order valence-corrected chi connectivity index (χ1v) is 9.02. The summed E-state index contributed by atoms with van der Waals surface area (Å²) in [5.41, 5.74) is 2.62. The monoisotopic (exact) mass is 340 g/mol. The lowest BCUT2D eigenvalue weighted by atomic mass is 10.0. The molecule has 3 rings (SSSR count). The van der Waals surface area contributed by atoms with Crippen LogP contribution >= 0.6 is 0 Å². The molecule has 0 spiro atoms. The molecular formula is C19H28N6. The molecule has 2 aromatic rings. The molecule has 1 aliphatic rings. The number of benzene rings is 1. The normalized spacial score (nSPS) is 18.6. The topological polar surface area (TPSA) is 67.1 Å². The molecule has 0 aliphatic carbocycles. The summed E-state index contributed by atoms with van der Waals surface area (Å²) in [7, 11) is 1.81. The molecule has 2 atom stereocenters. The number of aryl methyl sites for hydroxylation is 3. The summed E-state index contributed by atoms with van der Waals surface area (Å²) >= 11 is 0. The second kappa shape index (κ2) is 7.68. The van der Waals surface area contributed by atoms with Crippen molar-refractivity contribution in [3.8, 4) is 0 Å². The van der Waals surface area contributed by atoms with Crippen LogP contribution in [-0.2, 0) is 6.54 Å². The summed E-state index contributed by atoms with van der Waals surface area (Å²) in [5, 5.41) is 11.4. The number of fused-ring (bicyclic) bond motifs is 1. The van der Waals surface area contributed by atoms with E-state index in [0.29, 0.717) is 5.92 Å². The minimum absolute atomic E-state index is 0.163. The Morgan fingerprint density at radius 1 is 1.32 bits per heavy atom. The molecule has 25 heavy (non-hydrogen) atoms. The zero-order valence-electron chi connectivity index (χ0n) is 15.6. The Kier molecular flexibility index (Phi) is 5.36. The van der Waals surface area contributed by atoms with Crippen molar-refractivity contribution in [1.29, 1.82) is 0 Å². The minimum Gasteiger partial charge on any atom is -0.356 e. The van der Waals surface area contributed by atoms with Gasteiger partial charge in [-0.1, -0.05) is 36.8 Å². The SMILES string of the molecule is CN=C(NCC(C)c1ccc(C)cc1)NC1CCCn2nc(C)nc21. The molecule has 0 fully saturated rings. The van der Waals surface area contributed by atoms with Crippen LogP contribution in [0.4, 0.5) is 0 Å². The van der Waals surface area contributed by atoms with Crippen LogP contribution in [-0.4, -0.2) is 34.3 Å². The van der Waals surface area contributed by atoms with Gasteiger partial charge in [0.15, 0.2) is 5.96 Å². The maximum atomic E-state index is 4.58. The minimum atomic E-state index is 0.163. The number of aromatic nitrogens is 3. The van der Waals surface area contributed by atoms with Gasteiger partial charge in [0.05, 0.1) is 6.04 Å². The number of hydrogen-bond donors (Lipinski definition) is 2. The van der Waals surface area contributed by atoms with Crippen LogP contribution in [0.2, 0.25) is 0 Å². The molecule has 0 amide bonds. The van der Waals surface area contributed by atoms with Crippen molar-refractivity contribution < 1.29 is 0 Å². The fraction of sp³-hybridized carbons (Fsp3) is 0.526. The van der Waals surface area contributed by atoms with Crippen molar-refractivity contribution in [1.82, 2.24) is 25.4 Å². The highest BCUT2D eigenvalue weighted by Crippen LogP contribution is 2.22. The lowest BCUT2D eigenvalue weighted by Gasteiger charge is -2.25. The molecule has 2 unspecified atom stereocenters. The van der Waals surface area contributed by atoms with E-state index in [1.165, 1.54) is 11.1 Å². The van der Waals surface area contributed by atoms with E-state index in [1.54, 1.807) is 0 Å². The van der Waals surface area contributed by atoms with Crippen LogP contribution < -0.4 is 10.6 Å². The molecule has 2 N–H and O–H groups in total. The average Bonchev–Trinajstić information content (AvgIpc) is 3.00. The standard InChI is InChI=1S/C19H28N6/c1-13-7-9-16(10-8-13)14(2)12-21-19(20-4)23-17-6-5-11-25-18(17)22-15(3)24-25/h7-10,14,17H,5-6,11-12H2,1-4H3,(H2,20,21,23). The largest absolute Gasteiger partial charge is 0.356 e. The summed E-state index contributed by atoms with van der Waals surface area (Å²) < 4.78 is 2.01. The lowest BCUT2D eigenvalue weighted by Crippen LogP contribution is -2.42. The first-order valence-electron chi connectivity index (χ1n) is 9.02. The third kappa shape index (κ3) is 4.18. The number of nitrogens with zero attached hydrogens (tertiary/aromatic N) is 4. The maximum absolute atomic E-state index is 4.58. The molecule has 1 aromatic carbocycles. The van der Waals surface area contributed by atoms with E-state index in [0.717, 1.165) is 43.5 Å². The predicted molar refractivity (Wildman–Crippen MR) is 101 cm³/mol. The van der Waals surface area contributed by atoms with Crippen LogP contribution in [0.1, 0.15) is 54.5 Å². The maximum Gasteiger partial charge on any atom is 0.191 e. The van der Waals surface area contributed by atoms with E-state index in [-0.39, 0.29) is 6.04 Å². The van der Waals surface area contributed by atoms with Gasteiger partial charge in [-0.2, -0.15) is 5.10 Å². The summed E-state index contributed by atoms with van der Waals surface area (Å²) in [6.45, 7) is 8.07. The van der Waals surface area contributed by atoms with Gasteiger partial charge in [0.25, 0.3) is 0 Å². The van der Waals surface area contributed by atoms with E-state index in [9.17, 15) is 0 Å². The van der Waals surface area contributed by atoms with Gasteiger partial charge in [-0.3, -0.25) is 4.99 Å². The van der Waals surface area contributed by atoms with Gasteiger partial charge in [-0.15, -0.1) is 0 Å². The molecule has 2 heterocycles. The highest BCUT2D eigenvalue weighted by atomic mass is 15.4. The predicted octanol–water partition coefficient (Wildman–Crippen LogP) is 2.70. The van der Waals surface area contributed by atoms with Crippen molar-refractivity contribution in [2.45, 2.75) is 52.1 Å². The van der Waals surface area contributed by atoms with E-state index >= 15 is 0 Å². The van der Waals surface area contributed by atoms with Gasteiger partial charge in [0.2, 0.25) is 0 Å². The summed E-state index contributed by atoms with van der Waals surface area (Å²) in [6.07, 6.45) is 2.15.